The third kappa shape index (κ3) is 4.07. The molecule has 0 fully saturated rings. The molecule has 1 aromatic rings. The summed E-state index contributed by atoms with van der Waals surface area (Å²) in [7, 11) is 0. The van der Waals surface area contributed by atoms with Crippen LogP contribution in [0.4, 0.5) is 13.2 Å². The number of amides is 1. The van der Waals surface area contributed by atoms with Crippen LogP contribution in [0.15, 0.2) is 24.3 Å². The first-order valence-corrected chi connectivity index (χ1v) is 4.99. The molecule has 0 spiro atoms. The summed E-state index contributed by atoms with van der Waals surface area (Å²) < 4.78 is 37.4. The van der Waals surface area contributed by atoms with Gasteiger partial charge in [0.15, 0.2) is 0 Å². The minimum absolute atomic E-state index is 0.0720. The number of benzene rings is 1. The highest BCUT2D eigenvalue weighted by Crippen LogP contribution is 2.30. The molecule has 6 heteroatoms. The number of halogens is 3. The minimum atomic E-state index is -4.36. The summed E-state index contributed by atoms with van der Waals surface area (Å²) in [5.41, 5.74) is 4.69. The van der Waals surface area contributed by atoms with E-state index in [1.54, 1.807) is 13.0 Å². The van der Waals surface area contributed by atoms with E-state index in [2.05, 4.69) is 5.32 Å². The summed E-state index contributed by atoms with van der Waals surface area (Å²) in [4.78, 5) is 10.5. The molecule has 1 atom stereocenters. The summed E-state index contributed by atoms with van der Waals surface area (Å²) >= 11 is 0. The van der Waals surface area contributed by atoms with E-state index in [0.29, 0.717) is 5.56 Å². The van der Waals surface area contributed by atoms with Crippen molar-refractivity contribution >= 4 is 5.91 Å². The number of alkyl halides is 3. The highest BCUT2D eigenvalue weighted by Gasteiger charge is 2.30. The van der Waals surface area contributed by atoms with Gasteiger partial charge in [0.1, 0.15) is 0 Å². The fourth-order valence-corrected chi connectivity index (χ4v) is 1.36. The number of hydrogen-bond acceptors (Lipinski definition) is 2. The Kier molecular flexibility index (Phi) is 4.11. The topological polar surface area (TPSA) is 55.1 Å². The summed E-state index contributed by atoms with van der Waals surface area (Å²) in [6.07, 6.45) is -4.36. The molecular formula is C11H13F3N2O. The zero-order valence-corrected chi connectivity index (χ0v) is 9.21. The van der Waals surface area contributed by atoms with Crippen molar-refractivity contribution in [3.8, 4) is 0 Å². The van der Waals surface area contributed by atoms with Gasteiger partial charge in [0.2, 0.25) is 5.91 Å². The predicted molar refractivity (Wildman–Crippen MR) is 57.1 cm³/mol. The quantitative estimate of drug-likeness (QED) is 0.851. The van der Waals surface area contributed by atoms with E-state index in [-0.39, 0.29) is 12.6 Å². The molecule has 1 unspecified atom stereocenters. The summed E-state index contributed by atoms with van der Waals surface area (Å²) in [5.74, 6) is -0.552. The second kappa shape index (κ2) is 5.18. The molecule has 0 saturated heterocycles. The number of rotatable bonds is 4. The fourth-order valence-electron chi connectivity index (χ4n) is 1.36. The third-order valence-electron chi connectivity index (χ3n) is 2.30. The SMILES string of the molecule is CC(NCC(N)=O)c1cccc(C(F)(F)F)c1. The lowest BCUT2D eigenvalue weighted by Gasteiger charge is -2.15. The van der Waals surface area contributed by atoms with Crippen molar-refractivity contribution in [2.75, 3.05) is 6.54 Å². The maximum Gasteiger partial charge on any atom is 0.416 e. The van der Waals surface area contributed by atoms with Crippen molar-refractivity contribution in [1.29, 1.82) is 0 Å². The van der Waals surface area contributed by atoms with Crippen LogP contribution < -0.4 is 11.1 Å². The molecule has 0 aliphatic heterocycles. The smallest absolute Gasteiger partial charge is 0.369 e. The minimum Gasteiger partial charge on any atom is -0.369 e. The summed E-state index contributed by atoms with van der Waals surface area (Å²) in [5, 5.41) is 2.74. The van der Waals surface area contributed by atoms with E-state index in [4.69, 9.17) is 5.73 Å². The Bertz CT molecular complexity index is 404. The van der Waals surface area contributed by atoms with Gasteiger partial charge >= 0.3 is 6.18 Å². The van der Waals surface area contributed by atoms with Crippen LogP contribution in [0.3, 0.4) is 0 Å². The average molecular weight is 246 g/mol. The van der Waals surface area contributed by atoms with Crippen LogP contribution in [0.1, 0.15) is 24.1 Å². The molecule has 1 amide bonds. The first kappa shape index (κ1) is 13.5. The van der Waals surface area contributed by atoms with Crippen molar-refractivity contribution in [3.05, 3.63) is 35.4 Å². The van der Waals surface area contributed by atoms with Crippen LogP contribution in [-0.4, -0.2) is 12.5 Å². The van der Waals surface area contributed by atoms with Crippen molar-refractivity contribution in [1.82, 2.24) is 5.32 Å². The van der Waals surface area contributed by atoms with Gasteiger partial charge in [-0.05, 0) is 24.6 Å². The van der Waals surface area contributed by atoms with Crippen LogP contribution in [0, 0.1) is 0 Å². The van der Waals surface area contributed by atoms with Crippen LogP contribution in [0.5, 0.6) is 0 Å². The fraction of sp³-hybridized carbons (Fsp3) is 0.364. The number of primary amides is 1. The van der Waals surface area contributed by atoms with Gasteiger partial charge in [0, 0.05) is 6.04 Å². The predicted octanol–water partition coefficient (Wildman–Crippen LogP) is 1.84. The van der Waals surface area contributed by atoms with Gasteiger partial charge in [0.05, 0.1) is 12.1 Å². The van der Waals surface area contributed by atoms with Gasteiger partial charge < -0.3 is 11.1 Å². The van der Waals surface area contributed by atoms with Gasteiger partial charge in [-0.3, -0.25) is 4.79 Å². The molecule has 17 heavy (non-hydrogen) atoms. The number of nitrogens with two attached hydrogens (primary N) is 1. The molecule has 0 aromatic heterocycles. The first-order chi connectivity index (χ1) is 7.80. The van der Waals surface area contributed by atoms with Crippen LogP contribution in [-0.2, 0) is 11.0 Å². The zero-order chi connectivity index (χ0) is 13.1. The standard InChI is InChI=1S/C11H13F3N2O/c1-7(16-6-10(15)17)8-3-2-4-9(5-8)11(12,13)14/h2-5,7,16H,6H2,1H3,(H2,15,17). The number of nitrogens with one attached hydrogen (secondary N) is 1. The number of hydrogen-bond donors (Lipinski definition) is 2. The van der Waals surface area contributed by atoms with Gasteiger partial charge in [-0.1, -0.05) is 12.1 Å². The Hall–Kier alpha value is -1.56. The van der Waals surface area contributed by atoms with Crippen molar-refractivity contribution in [2.24, 2.45) is 5.73 Å². The monoisotopic (exact) mass is 246 g/mol. The van der Waals surface area contributed by atoms with Gasteiger partial charge in [-0.2, -0.15) is 13.2 Å². The molecular weight excluding hydrogens is 233 g/mol. The lowest BCUT2D eigenvalue weighted by molar-refractivity contribution is -0.137. The first-order valence-electron chi connectivity index (χ1n) is 4.99. The zero-order valence-electron chi connectivity index (χ0n) is 9.21. The van der Waals surface area contributed by atoms with E-state index in [9.17, 15) is 18.0 Å². The molecule has 3 N–H and O–H groups in total. The van der Waals surface area contributed by atoms with E-state index < -0.39 is 17.6 Å². The average Bonchev–Trinajstić information content (AvgIpc) is 2.25. The molecule has 0 bridgehead atoms. The molecule has 0 radical (unpaired) electrons. The van der Waals surface area contributed by atoms with Crippen LogP contribution in [0.25, 0.3) is 0 Å². The molecule has 3 nitrogen and oxygen atoms in total. The van der Waals surface area contributed by atoms with Crippen LogP contribution >= 0.6 is 0 Å². The second-order valence-electron chi connectivity index (χ2n) is 3.69. The third-order valence-corrected chi connectivity index (χ3v) is 2.30. The molecule has 1 aromatic carbocycles. The van der Waals surface area contributed by atoms with Crippen molar-refractivity contribution < 1.29 is 18.0 Å². The molecule has 0 aliphatic carbocycles. The van der Waals surface area contributed by atoms with Gasteiger partial charge in [-0.25, -0.2) is 0 Å². The van der Waals surface area contributed by atoms with E-state index in [0.717, 1.165) is 12.1 Å². The highest BCUT2D eigenvalue weighted by atomic mass is 19.4. The van der Waals surface area contributed by atoms with E-state index in [1.807, 2.05) is 0 Å². The molecule has 0 heterocycles. The summed E-state index contributed by atoms with van der Waals surface area (Å²) in [6, 6.07) is 4.59. The maximum absolute atomic E-state index is 12.5. The Morgan fingerprint density at radius 3 is 2.65 bits per heavy atom. The molecule has 0 saturated carbocycles. The van der Waals surface area contributed by atoms with Gasteiger partial charge in [0.25, 0.3) is 0 Å². The van der Waals surface area contributed by atoms with E-state index >= 15 is 0 Å². The Morgan fingerprint density at radius 2 is 2.12 bits per heavy atom. The lowest BCUT2D eigenvalue weighted by Crippen LogP contribution is -2.30. The Labute approximate surface area is 96.8 Å². The van der Waals surface area contributed by atoms with Crippen molar-refractivity contribution in [3.63, 3.8) is 0 Å². The lowest BCUT2D eigenvalue weighted by atomic mass is 10.0. The van der Waals surface area contributed by atoms with Crippen molar-refractivity contribution in [2.45, 2.75) is 19.1 Å². The van der Waals surface area contributed by atoms with E-state index in [1.165, 1.54) is 6.07 Å². The number of carbonyl (C=O) groups excluding carboxylic acids is 1. The maximum atomic E-state index is 12.5. The molecule has 94 valence electrons. The Balaban J connectivity index is 2.81. The molecule has 1 rings (SSSR count). The highest BCUT2D eigenvalue weighted by molar-refractivity contribution is 5.75. The largest absolute Gasteiger partial charge is 0.416 e. The second-order valence-corrected chi connectivity index (χ2v) is 3.69. The summed E-state index contributed by atoms with van der Waals surface area (Å²) in [6.45, 7) is 1.59. The van der Waals surface area contributed by atoms with Gasteiger partial charge in [-0.15, -0.1) is 0 Å². The number of carbonyl (C=O) groups is 1. The molecule has 0 aliphatic rings. The Morgan fingerprint density at radius 1 is 1.47 bits per heavy atom. The normalized spacial score (nSPS) is 13.4. The van der Waals surface area contributed by atoms with Crippen LogP contribution in [0.2, 0.25) is 0 Å².